The van der Waals surface area contributed by atoms with Gasteiger partial charge >= 0.3 is 17.9 Å². The summed E-state index contributed by atoms with van der Waals surface area (Å²) in [6.07, 6.45) is 56.6. The molecule has 0 spiro atoms. The molecule has 0 saturated heterocycles. The molecule has 6 nitrogen and oxygen atoms in total. The van der Waals surface area contributed by atoms with Crippen LogP contribution in [0, 0.1) is 5.92 Å². The first-order chi connectivity index (χ1) is 31.4. The first-order valence-corrected chi connectivity index (χ1v) is 28.9. The van der Waals surface area contributed by atoms with E-state index in [1.54, 1.807) is 0 Å². The highest BCUT2D eigenvalue weighted by molar-refractivity contribution is 5.71. The number of esters is 3. The number of unbranched alkanes of at least 4 members (excludes halogenated alkanes) is 40. The number of ether oxygens (including phenoxy) is 3. The topological polar surface area (TPSA) is 78.9 Å². The minimum atomic E-state index is -0.761. The second-order valence-electron chi connectivity index (χ2n) is 20.4. The number of hydrogen-bond acceptors (Lipinski definition) is 6. The van der Waals surface area contributed by atoms with E-state index in [9.17, 15) is 14.4 Å². The molecule has 0 saturated carbocycles. The van der Waals surface area contributed by atoms with E-state index >= 15 is 0 Å². The minimum Gasteiger partial charge on any atom is -0.462 e. The molecule has 0 unspecified atom stereocenters. The minimum absolute atomic E-state index is 0.0617. The van der Waals surface area contributed by atoms with Gasteiger partial charge in [0, 0.05) is 19.3 Å². The molecule has 6 heteroatoms. The summed E-state index contributed by atoms with van der Waals surface area (Å²) in [7, 11) is 0. The Hall–Kier alpha value is -1.59. The van der Waals surface area contributed by atoms with Crippen LogP contribution in [0.3, 0.4) is 0 Å². The van der Waals surface area contributed by atoms with Crippen LogP contribution in [0.4, 0.5) is 0 Å². The molecule has 0 aromatic carbocycles. The molecule has 1 atom stereocenters. The quantitative estimate of drug-likeness (QED) is 0.0344. The summed E-state index contributed by atoms with van der Waals surface area (Å²) in [6, 6.07) is 0. The summed E-state index contributed by atoms with van der Waals surface area (Å²) in [5, 5.41) is 0. The molecule has 0 rings (SSSR count). The maximum absolute atomic E-state index is 12.8. The van der Waals surface area contributed by atoms with Gasteiger partial charge in [-0.05, 0) is 25.2 Å². The molecule has 0 aromatic heterocycles. The Bertz CT molecular complexity index is 964. The predicted molar refractivity (Wildman–Crippen MR) is 275 cm³/mol. The second kappa shape index (κ2) is 52.4. The van der Waals surface area contributed by atoms with E-state index in [2.05, 4.69) is 27.7 Å². The van der Waals surface area contributed by atoms with Crippen molar-refractivity contribution < 1.29 is 28.6 Å². The lowest BCUT2D eigenvalue weighted by atomic mass is 10.0. The van der Waals surface area contributed by atoms with Crippen molar-refractivity contribution in [3.05, 3.63) is 0 Å². The zero-order valence-electron chi connectivity index (χ0n) is 43.8. The van der Waals surface area contributed by atoms with Gasteiger partial charge in [0.2, 0.25) is 0 Å². The average molecular weight is 906 g/mol. The van der Waals surface area contributed by atoms with Gasteiger partial charge < -0.3 is 14.2 Å². The van der Waals surface area contributed by atoms with E-state index in [-0.39, 0.29) is 31.1 Å². The molecule has 0 aliphatic carbocycles. The lowest BCUT2D eigenvalue weighted by Crippen LogP contribution is -2.30. The van der Waals surface area contributed by atoms with Crippen LogP contribution in [0.1, 0.15) is 329 Å². The van der Waals surface area contributed by atoms with E-state index in [0.717, 1.165) is 63.7 Å². The Labute approximate surface area is 399 Å². The molecule has 0 aliphatic rings. The Balaban J connectivity index is 4.29. The predicted octanol–water partition coefficient (Wildman–Crippen LogP) is 19.0. The molecule has 0 N–H and O–H groups in total. The van der Waals surface area contributed by atoms with E-state index in [1.807, 2.05) is 0 Å². The highest BCUT2D eigenvalue weighted by Gasteiger charge is 2.19. The Kier molecular flexibility index (Phi) is 51.1. The summed E-state index contributed by atoms with van der Waals surface area (Å²) in [5.41, 5.74) is 0. The van der Waals surface area contributed by atoms with Crippen molar-refractivity contribution in [2.75, 3.05) is 13.2 Å². The molecular formula is C58H112O6. The summed E-state index contributed by atoms with van der Waals surface area (Å²) < 4.78 is 16.9. The van der Waals surface area contributed by atoms with E-state index in [1.165, 1.54) is 225 Å². The van der Waals surface area contributed by atoms with Gasteiger partial charge in [0.25, 0.3) is 0 Å². The third kappa shape index (κ3) is 51.4. The van der Waals surface area contributed by atoms with Gasteiger partial charge in [0.1, 0.15) is 13.2 Å². The fraction of sp³-hybridized carbons (Fsp3) is 0.948. The third-order valence-corrected chi connectivity index (χ3v) is 13.3. The van der Waals surface area contributed by atoms with Gasteiger partial charge in [-0.2, -0.15) is 0 Å². The first kappa shape index (κ1) is 62.4. The molecule has 0 aliphatic heterocycles. The van der Waals surface area contributed by atoms with Crippen molar-refractivity contribution in [3.8, 4) is 0 Å². The summed E-state index contributed by atoms with van der Waals surface area (Å²) in [6.45, 7) is 9.07. The SMILES string of the molecule is CCCCCCCCCCCCCCCCCC(=O)OC[C@@H](COC(=O)CCCCCCCCCCCCCCC)OC(=O)CCCCCCCCCCCCCCCCCC(C)C. The summed E-state index contributed by atoms with van der Waals surface area (Å²) >= 11 is 0. The maximum atomic E-state index is 12.8. The number of rotatable bonds is 53. The van der Waals surface area contributed by atoms with E-state index in [4.69, 9.17) is 14.2 Å². The highest BCUT2D eigenvalue weighted by atomic mass is 16.6. The Morgan fingerprint density at radius 1 is 0.297 bits per heavy atom. The molecule has 0 aromatic rings. The molecule has 380 valence electrons. The molecule has 0 bridgehead atoms. The van der Waals surface area contributed by atoms with Crippen LogP contribution in [-0.4, -0.2) is 37.2 Å². The number of hydrogen-bond donors (Lipinski definition) is 0. The van der Waals surface area contributed by atoms with E-state index < -0.39 is 6.10 Å². The van der Waals surface area contributed by atoms with Gasteiger partial charge in [-0.15, -0.1) is 0 Å². The monoisotopic (exact) mass is 905 g/mol. The number of carbonyl (C=O) groups is 3. The van der Waals surface area contributed by atoms with Crippen molar-refractivity contribution in [1.29, 1.82) is 0 Å². The normalized spacial score (nSPS) is 12.0. The second-order valence-corrected chi connectivity index (χ2v) is 20.4. The lowest BCUT2D eigenvalue weighted by Gasteiger charge is -2.18. The van der Waals surface area contributed by atoms with Crippen molar-refractivity contribution in [2.45, 2.75) is 336 Å². The largest absolute Gasteiger partial charge is 0.462 e. The molecule has 0 radical (unpaired) electrons. The fourth-order valence-corrected chi connectivity index (χ4v) is 8.92. The van der Waals surface area contributed by atoms with Gasteiger partial charge in [0.05, 0.1) is 0 Å². The van der Waals surface area contributed by atoms with Gasteiger partial charge in [-0.1, -0.05) is 291 Å². The van der Waals surface area contributed by atoms with Crippen LogP contribution in [0.25, 0.3) is 0 Å². The fourth-order valence-electron chi connectivity index (χ4n) is 8.92. The smallest absolute Gasteiger partial charge is 0.306 e. The standard InChI is InChI=1S/C58H112O6/c1-5-7-9-11-13-15-17-19-21-26-30-34-38-42-46-50-57(60)63-53-55(52-62-56(59)49-45-41-37-33-29-24-18-16-14-12-10-8-6-2)64-58(61)51-47-43-39-35-31-27-23-20-22-25-28-32-36-40-44-48-54(3)4/h54-55H,5-53H2,1-4H3/t55-/m1/s1. The molecule has 0 amide bonds. The summed E-state index contributed by atoms with van der Waals surface area (Å²) in [4.78, 5) is 38.1. The van der Waals surface area contributed by atoms with Crippen LogP contribution in [-0.2, 0) is 28.6 Å². The lowest BCUT2D eigenvalue weighted by molar-refractivity contribution is -0.167. The van der Waals surface area contributed by atoms with Crippen LogP contribution in [0.5, 0.6) is 0 Å². The van der Waals surface area contributed by atoms with Crippen molar-refractivity contribution in [3.63, 3.8) is 0 Å². The van der Waals surface area contributed by atoms with Crippen LogP contribution < -0.4 is 0 Å². The zero-order valence-corrected chi connectivity index (χ0v) is 43.8. The molecule has 0 heterocycles. The highest BCUT2D eigenvalue weighted by Crippen LogP contribution is 2.18. The van der Waals surface area contributed by atoms with Gasteiger partial charge in [-0.3, -0.25) is 14.4 Å². The van der Waals surface area contributed by atoms with Crippen LogP contribution in [0.2, 0.25) is 0 Å². The molecule has 64 heavy (non-hydrogen) atoms. The Morgan fingerprint density at radius 2 is 0.516 bits per heavy atom. The van der Waals surface area contributed by atoms with Gasteiger partial charge in [-0.25, -0.2) is 0 Å². The number of carbonyl (C=O) groups excluding carboxylic acids is 3. The summed E-state index contributed by atoms with van der Waals surface area (Å²) in [5.74, 6) is 0.0132. The first-order valence-electron chi connectivity index (χ1n) is 28.9. The Morgan fingerprint density at radius 3 is 0.766 bits per heavy atom. The maximum Gasteiger partial charge on any atom is 0.306 e. The average Bonchev–Trinajstić information content (AvgIpc) is 3.28. The van der Waals surface area contributed by atoms with Crippen LogP contribution in [0.15, 0.2) is 0 Å². The zero-order chi connectivity index (χ0) is 46.7. The van der Waals surface area contributed by atoms with Crippen molar-refractivity contribution in [1.82, 2.24) is 0 Å². The molecular weight excluding hydrogens is 793 g/mol. The third-order valence-electron chi connectivity index (χ3n) is 13.3. The van der Waals surface area contributed by atoms with Gasteiger partial charge in [0.15, 0.2) is 6.10 Å². The van der Waals surface area contributed by atoms with Crippen molar-refractivity contribution >= 4 is 17.9 Å². The van der Waals surface area contributed by atoms with Crippen molar-refractivity contribution in [2.24, 2.45) is 5.92 Å². The molecule has 0 fully saturated rings. The van der Waals surface area contributed by atoms with Crippen LogP contribution >= 0.6 is 0 Å². The van der Waals surface area contributed by atoms with E-state index in [0.29, 0.717) is 19.3 Å².